The van der Waals surface area contributed by atoms with Crippen LogP contribution in [0.15, 0.2) is 60.8 Å². The lowest BCUT2D eigenvalue weighted by molar-refractivity contribution is -0.130. The van der Waals surface area contributed by atoms with Crippen molar-refractivity contribution in [3.63, 3.8) is 0 Å². The minimum absolute atomic E-state index is 0. The van der Waals surface area contributed by atoms with Crippen molar-refractivity contribution >= 4 is 35.8 Å². The van der Waals surface area contributed by atoms with E-state index < -0.39 is 11.9 Å². The van der Waals surface area contributed by atoms with Crippen molar-refractivity contribution in [1.82, 2.24) is 35.4 Å². The summed E-state index contributed by atoms with van der Waals surface area (Å²) in [5, 5.41) is 14.1. The zero-order chi connectivity index (χ0) is 34.5. The Labute approximate surface area is 298 Å². The molecule has 4 aromatic rings. The van der Waals surface area contributed by atoms with E-state index in [1.54, 1.807) is 30.5 Å². The first-order chi connectivity index (χ1) is 23.7. The summed E-state index contributed by atoms with van der Waals surface area (Å²) in [4.78, 5) is 50.8. The van der Waals surface area contributed by atoms with Gasteiger partial charge in [0.25, 0.3) is 11.8 Å². The lowest BCUT2D eigenvalue weighted by atomic mass is 9.81. The van der Waals surface area contributed by atoms with Gasteiger partial charge in [0.15, 0.2) is 0 Å². The van der Waals surface area contributed by atoms with Gasteiger partial charge in [0.1, 0.15) is 5.69 Å². The van der Waals surface area contributed by atoms with Crippen molar-refractivity contribution in [3.8, 4) is 22.5 Å². The summed E-state index contributed by atoms with van der Waals surface area (Å²) < 4.78 is 0. The van der Waals surface area contributed by atoms with Gasteiger partial charge >= 0.3 is 0 Å². The van der Waals surface area contributed by atoms with E-state index >= 15 is 0 Å². The monoisotopic (exact) mass is 700 g/mol. The van der Waals surface area contributed by atoms with E-state index in [0.29, 0.717) is 61.2 Å². The van der Waals surface area contributed by atoms with Gasteiger partial charge in [0.2, 0.25) is 11.7 Å². The number of anilines is 1. The number of nitrogens with two attached hydrogens (primary N) is 2. The summed E-state index contributed by atoms with van der Waals surface area (Å²) in [5.74, 6) is -0.212. The van der Waals surface area contributed by atoms with Crippen LogP contribution in [0.1, 0.15) is 47.3 Å². The van der Waals surface area contributed by atoms with Gasteiger partial charge in [-0.15, -0.1) is 22.6 Å². The molecule has 0 bridgehead atoms. The Hall–Kier alpha value is -4.56. The van der Waals surface area contributed by atoms with Crippen molar-refractivity contribution in [3.05, 3.63) is 77.6 Å². The number of amides is 3. The van der Waals surface area contributed by atoms with E-state index in [-0.39, 0.29) is 36.6 Å². The summed E-state index contributed by atoms with van der Waals surface area (Å²) in [6, 6.07) is 15.7. The minimum Gasteiger partial charge on any atom is -0.335 e. The number of nitrogens with zero attached hydrogens (tertiary/aromatic N) is 7. The van der Waals surface area contributed by atoms with Gasteiger partial charge in [-0.2, -0.15) is 5.21 Å². The summed E-state index contributed by atoms with van der Waals surface area (Å²) in [7, 11) is 2.06. The maximum atomic E-state index is 14.0. The lowest BCUT2D eigenvalue weighted by Gasteiger charge is -2.32. The molecule has 1 saturated heterocycles. The third-order valence-electron chi connectivity index (χ3n) is 9.86. The standard InChI is InChI=1S/C36H44N10O3.ClH/c1-23-19-32(36(49)45-17-15-44(2)16-18-45)39-22-30(23)26-7-3-24(4-8-26)20-31(38)35(48)46(34(47)28-9-5-25(21-37)6-10-28)29-13-11-27(12-14-29)33-40-42-43-41-33;/h3-4,7-8,11-14,19,22,25,28,31H,5-6,9-10,15-18,20-21,37-38H2,1-2H3,(H,40,41,42,43);1H/t25?,28?,31-;/m0./s1. The number of aromatic amines is 1. The number of aromatic nitrogens is 5. The molecule has 2 fully saturated rings. The third-order valence-corrected chi connectivity index (χ3v) is 9.86. The molecule has 2 aromatic carbocycles. The first-order valence-corrected chi connectivity index (χ1v) is 16.9. The summed E-state index contributed by atoms with van der Waals surface area (Å²) in [6.07, 6.45) is 5.07. The van der Waals surface area contributed by atoms with Gasteiger partial charge in [-0.05, 0) is 111 Å². The number of benzene rings is 2. The van der Waals surface area contributed by atoms with Crippen LogP contribution in [-0.2, 0) is 16.0 Å². The first-order valence-electron chi connectivity index (χ1n) is 16.9. The number of imide groups is 1. The third kappa shape index (κ3) is 8.24. The molecule has 1 aliphatic carbocycles. The van der Waals surface area contributed by atoms with Crippen LogP contribution in [0.25, 0.3) is 22.5 Å². The van der Waals surface area contributed by atoms with Crippen LogP contribution >= 0.6 is 12.4 Å². The van der Waals surface area contributed by atoms with Crippen molar-refractivity contribution < 1.29 is 14.4 Å². The number of carbonyl (C=O) groups is 3. The molecule has 0 radical (unpaired) electrons. The van der Waals surface area contributed by atoms with Gasteiger partial charge in [0.05, 0.1) is 11.7 Å². The summed E-state index contributed by atoms with van der Waals surface area (Å²) in [6.45, 7) is 5.67. The molecule has 264 valence electrons. The van der Waals surface area contributed by atoms with E-state index in [1.807, 2.05) is 42.2 Å². The van der Waals surface area contributed by atoms with Crippen LogP contribution in [0.2, 0.25) is 0 Å². The predicted molar refractivity (Wildman–Crippen MR) is 193 cm³/mol. The largest absolute Gasteiger partial charge is 0.335 e. The summed E-state index contributed by atoms with van der Waals surface area (Å²) in [5.41, 5.74) is 17.7. The van der Waals surface area contributed by atoms with E-state index in [0.717, 1.165) is 48.2 Å². The fourth-order valence-electron chi connectivity index (χ4n) is 6.71. The van der Waals surface area contributed by atoms with Crippen molar-refractivity contribution in [2.45, 2.75) is 45.1 Å². The Bertz CT molecular complexity index is 1750. The molecule has 13 nitrogen and oxygen atoms in total. The Morgan fingerprint density at radius 2 is 1.62 bits per heavy atom. The number of likely N-dealkylation sites (N-methyl/N-ethyl adjacent to an activating group) is 1. The van der Waals surface area contributed by atoms with Crippen LogP contribution in [0, 0.1) is 18.8 Å². The van der Waals surface area contributed by atoms with Gasteiger partial charge in [-0.1, -0.05) is 24.3 Å². The number of rotatable bonds is 9. The molecule has 5 N–H and O–H groups in total. The molecule has 2 aromatic heterocycles. The number of hydrogen-bond donors (Lipinski definition) is 3. The molecular formula is C36H45ClN10O3. The van der Waals surface area contributed by atoms with Crippen LogP contribution in [0.3, 0.4) is 0 Å². The van der Waals surface area contributed by atoms with Crippen LogP contribution in [-0.4, -0.2) is 98.9 Å². The Morgan fingerprint density at radius 1 is 0.960 bits per heavy atom. The number of nitrogens with one attached hydrogen (secondary N) is 1. The molecule has 1 atom stereocenters. The van der Waals surface area contributed by atoms with Crippen LogP contribution in [0.5, 0.6) is 0 Å². The van der Waals surface area contributed by atoms with Crippen molar-refractivity contribution in [1.29, 1.82) is 0 Å². The second-order valence-corrected chi connectivity index (χ2v) is 13.2. The maximum Gasteiger partial charge on any atom is 0.272 e. The lowest BCUT2D eigenvalue weighted by Crippen LogP contribution is -2.50. The first kappa shape index (κ1) is 36.7. The second kappa shape index (κ2) is 16.4. The number of aryl methyl sites for hydroxylation is 1. The summed E-state index contributed by atoms with van der Waals surface area (Å²) >= 11 is 0. The maximum absolute atomic E-state index is 14.0. The van der Waals surface area contributed by atoms with Crippen molar-refractivity contribution in [2.24, 2.45) is 23.3 Å². The number of tetrazole rings is 1. The topological polar surface area (TPSA) is 180 Å². The Kier molecular flexibility index (Phi) is 12.1. The molecule has 1 aliphatic heterocycles. The van der Waals surface area contributed by atoms with E-state index in [1.165, 1.54) is 4.90 Å². The second-order valence-electron chi connectivity index (χ2n) is 13.2. The average Bonchev–Trinajstić information content (AvgIpc) is 3.68. The zero-order valence-electron chi connectivity index (χ0n) is 28.5. The van der Waals surface area contributed by atoms with Gasteiger partial charge < -0.3 is 21.3 Å². The molecule has 50 heavy (non-hydrogen) atoms. The number of piperazine rings is 1. The highest BCUT2D eigenvalue weighted by molar-refractivity contribution is 6.17. The molecule has 0 unspecified atom stereocenters. The molecule has 0 spiro atoms. The Morgan fingerprint density at radius 3 is 2.22 bits per heavy atom. The number of carbonyl (C=O) groups excluding carboxylic acids is 3. The van der Waals surface area contributed by atoms with Gasteiger partial charge in [-0.25, -0.2) is 4.90 Å². The molecular weight excluding hydrogens is 656 g/mol. The molecule has 2 aliphatic rings. The predicted octanol–water partition coefficient (Wildman–Crippen LogP) is 3.24. The molecule has 14 heteroatoms. The normalized spacial score (nSPS) is 18.6. The van der Waals surface area contributed by atoms with E-state index in [2.05, 4.69) is 37.6 Å². The number of hydrogen-bond acceptors (Lipinski definition) is 10. The minimum atomic E-state index is -0.949. The highest BCUT2D eigenvalue weighted by Crippen LogP contribution is 2.32. The smallest absolute Gasteiger partial charge is 0.272 e. The fraction of sp³-hybridized carbons (Fsp3) is 0.417. The van der Waals surface area contributed by atoms with Crippen molar-refractivity contribution in [2.75, 3.05) is 44.7 Å². The number of pyridine rings is 1. The number of halogens is 1. The van der Waals surface area contributed by atoms with Crippen LogP contribution in [0.4, 0.5) is 5.69 Å². The molecule has 1 saturated carbocycles. The van der Waals surface area contributed by atoms with Gasteiger partial charge in [0, 0.05) is 49.4 Å². The highest BCUT2D eigenvalue weighted by Gasteiger charge is 2.35. The van der Waals surface area contributed by atoms with E-state index in [4.69, 9.17) is 11.5 Å². The Balaban J connectivity index is 0.00000486. The van der Waals surface area contributed by atoms with Crippen LogP contribution < -0.4 is 16.4 Å². The van der Waals surface area contributed by atoms with E-state index in [9.17, 15) is 14.4 Å². The fourth-order valence-corrected chi connectivity index (χ4v) is 6.71. The molecule has 6 rings (SSSR count). The zero-order valence-corrected chi connectivity index (χ0v) is 29.3. The average molecular weight is 701 g/mol. The highest BCUT2D eigenvalue weighted by atomic mass is 35.5. The van der Waals surface area contributed by atoms with Gasteiger partial charge in [-0.3, -0.25) is 19.4 Å². The SMILES string of the molecule is Cc1cc(C(=O)N2CCN(C)CC2)ncc1-c1ccc(C[C@H](N)C(=O)N(C(=O)C2CCC(CN)CC2)c2ccc(-c3nn[nH]n3)cc2)cc1.Cl. The molecule has 3 heterocycles. The molecule has 3 amide bonds. The number of H-pyrrole nitrogens is 1. The quantitative estimate of drug-likeness (QED) is 0.235.